The number of halogens is 1. The number of methoxy groups -OCH3 is 1. The van der Waals surface area contributed by atoms with Gasteiger partial charge in [-0.3, -0.25) is 4.79 Å². The lowest BCUT2D eigenvalue weighted by molar-refractivity contribution is -0.141. The number of amides is 1. The molecule has 0 unspecified atom stereocenters. The minimum absolute atomic E-state index is 0.0122. The number of fused-ring (bicyclic) bond motifs is 1. The van der Waals surface area contributed by atoms with E-state index in [1.807, 2.05) is 4.90 Å². The Morgan fingerprint density at radius 1 is 1.27 bits per heavy atom. The Morgan fingerprint density at radius 2 is 2.08 bits per heavy atom. The summed E-state index contributed by atoms with van der Waals surface area (Å²) >= 11 is 0. The third-order valence-electron chi connectivity index (χ3n) is 6.43. The number of rotatable bonds is 6. The number of likely N-dealkylation sites (tertiary alicyclic amines) is 1. The first-order chi connectivity index (χ1) is 12.6. The first-order valence-corrected chi connectivity index (χ1v) is 9.81. The third kappa shape index (κ3) is 3.52. The van der Waals surface area contributed by atoms with Crippen molar-refractivity contribution >= 4 is 5.91 Å². The Labute approximate surface area is 154 Å². The van der Waals surface area contributed by atoms with Crippen LogP contribution in [0.3, 0.4) is 0 Å². The molecule has 2 aliphatic carbocycles. The molecule has 0 bridgehead atoms. The van der Waals surface area contributed by atoms with Crippen molar-refractivity contribution in [3.05, 3.63) is 35.6 Å². The van der Waals surface area contributed by atoms with Crippen LogP contribution in [0, 0.1) is 11.7 Å². The van der Waals surface area contributed by atoms with Crippen LogP contribution < -0.4 is 0 Å². The number of carbonyl (C=O) groups is 1. The van der Waals surface area contributed by atoms with Crippen LogP contribution in [0.15, 0.2) is 24.3 Å². The summed E-state index contributed by atoms with van der Waals surface area (Å²) in [6, 6.07) is 6.56. The van der Waals surface area contributed by atoms with Crippen LogP contribution in [-0.2, 0) is 20.7 Å². The SMILES string of the molecule is CO[C@@]12CC[C@H](OCC3CC3)C[C@@H]1N(C(=O)Cc1ccccc1F)CC2. The zero-order chi connectivity index (χ0) is 18.1. The molecule has 0 spiro atoms. The van der Waals surface area contributed by atoms with Crippen molar-refractivity contribution in [2.75, 3.05) is 20.3 Å². The zero-order valence-corrected chi connectivity index (χ0v) is 15.5. The predicted octanol–water partition coefficient (Wildman–Crippen LogP) is 3.33. The maximum absolute atomic E-state index is 13.9. The second kappa shape index (κ2) is 7.28. The van der Waals surface area contributed by atoms with Gasteiger partial charge in [0, 0.05) is 20.3 Å². The highest BCUT2D eigenvalue weighted by Crippen LogP contribution is 2.44. The van der Waals surface area contributed by atoms with Gasteiger partial charge in [0.1, 0.15) is 5.82 Å². The van der Waals surface area contributed by atoms with Crippen LogP contribution in [0.1, 0.15) is 44.1 Å². The van der Waals surface area contributed by atoms with Gasteiger partial charge in [0.2, 0.25) is 5.91 Å². The molecule has 1 amide bonds. The van der Waals surface area contributed by atoms with E-state index in [4.69, 9.17) is 9.47 Å². The molecule has 3 aliphatic rings. The van der Waals surface area contributed by atoms with Crippen molar-refractivity contribution in [1.82, 2.24) is 4.90 Å². The van der Waals surface area contributed by atoms with E-state index in [1.54, 1.807) is 25.3 Å². The fourth-order valence-electron chi connectivity index (χ4n) is 4.57. The van der Waals surface area contributed by atoms with E-state index < -0.39 is 0 Å². The maximum Gasteiger partial charge on any atom is 0.227 e. The molecule has 3 fully saturated rings. The van der Waals surface area contributed by atoms with Crippen LogP contribution in [0.4, 0.5) is 4.39 Å². The molecule has 1 heterocycles. The fourth-order valence-corrected chi connectivity index (χ4v) is 4.57. The second-order valence-electron chi connectivity index (χ2n) is 8.06. The Morgan fingerprint density at radius 3 is 2.81 bits per heavy atom. The first kappa shape index (κ1) is 17.9. The summed E-state index contributed by atoms with van der Waals surface area (Å²) < 4.78 is 26.0. The Hall–Kier alpha value is -1.46. The molecule has 0 radical (unpaired) electrons. The summed E-state index contributed by atoms with van der Waals surface area (Å²) in [7, 11) is 1.75. The molecule has 5 heteroatoms. The van der Waals surface area contributed by atoms with Gasteiger partial charge in [-0.2, -0.15) is 0 Å². The number of nitrogens with zero attached hydrogens (tertiary/aromatic N) is 1. The molecule has 1 aliphatic heterocycles. The van der Waals surface area contributed by atoms with Gasteiger partial charge >= 0.3 is 0 Å². The summed E-state index contributed by atoms with van der Waals surface area (Å²) in [4.78, 5) is 14.8. The smallest absolute Gasteiger partial charge is 0.227 e. The van der Waals surface area contributed by atoms with Gasteiger partial charge in [-0.1, -0.05) is 18.2 Å². The van der Waals surface area contributed by atoms with Crippen molar-refractivity contribution in [3.8, 4) is 0 Å². The molecule has 1 aromatic carbocycles. The Kier molecular flexibility index (Phi) is 5.02. The minimum Gasteiger partial charge on any atom is -0.378 e. The average molecular weight is 361 g/mol. The van der Waals surface area contributed by atoms with Gasteiger partial charge in [-0.05, 0) is 56.1 Å². The number of hydrogen-bond donors (Lipinski definition) is 0. The van der Waals surface area contributed by atoms with Crippen molar-refractivity contribution < 1.29 is 18.7 Å². The van der Waals surface area contributed by atoms with E-state index in [1.165, 1.54) is 18.9 Å². The van der Waals surface area contributed by atoms with Gasteiger partial charge < -0.3 is 14.4 Å². The van der Waals surface area contributed by atoms with E-state index in [2.05, 4.69) is 0 Å². The summed E-state index contributed by atoms with van der Waals surface area (Å²) in [5.41, 5.74) is 0.203. The highest BCUT2D eigenvalue weighted by Gasteiger charge is 2.52. The lowest BCUT2D eigenvalue weighted by Crippen LogP contribution is -2.53. The van der Waals surface area contributed by atoms with Gasteiger partial charge in [-0.25, -0.2) is 4.39 Å². The lowest BCUT2D eigenvalue weighted by Gasteiger charge is -2.43. The van der Waals surface area contributed by atoms with Crippen LogP contribution in [0.5, 0.6) is 0 Å². The van der Waals surface area contributed by atoms with Gasteiger partial charge in [-0.15, -0.1) is 0 Å². The number of ether oxygens (including phenoxy) is 2. The van der Waals surface area contributed by atoms with E-state index in [-0.39, 0.29) is 35.9 Å². The zero-order valence-electron chi connectivity index (χ0n) is 15.5. The van der Waals surface area contributed by atoms with Gasteiger partial charge in [0.05, 0.1) is 24.2 Å². The molecule has 0 N–H and O–H groups in total. The summed E-state index contributed by atoms with van der Waals surface area (Å²) in [6.07, 6.45) is 6.47. The molecular formula is C21H28FNO3. The van der Waals surface area contributed by atoms with Crippen LogP contribution >= 0.6 is 0 Å². The van der Waals surface area contributed by atoms with Gasteiger partial charge in [0.25, 0.3) is 0 Å². The van der Waals surface area contributed by atoms with E-state index >= 15 is 0 Å². The number of hydrogen-bond acceptors (Lipinski definition) is 3. The molecule has 4 rings (SSSR count). The third-order valence-corrected chi connectivity index (χ3v) is 6.43. The second-order valence-corrected chi connectivity index (χ2v) is 8.06. The number of benzene rings is 1. The Bertz CT molecular complexity index is 662. The summed E-state index contributed by atoms with van der Waals surface area (Å²) in [5.74, 6) is 0.417. The van der Waals surface area contributed by atoms with E-state index in [0.29, 0.717) is 12.1 Å². The van der Waals surface area contributed by atoms with Crippen molar-refractivity contribution in [3.63, 3.8) is 0 Å². The average Bonchev–Trinajstić information content (AvgIpc) is 3.40. The number of carbonyl (C=O) groups excluding carboxylic acids is 1. The quantitative estimate of drug-likeness (QED) is 0.780. The fraction of sp³-hybridized carbons (Fsp3) is 0.667. The predicted molar refractivity (Wildman–Crippen MR) is 96.3 cm³/mol. The molecule has 1 saturated heterocycles. The van der Waals surface area contributed by atoms with Crippen LogP contribution in [-0.4, -0.2) is 48.8 Å². The highest BCUT2D eigenvalue weighted by molar-refractivity contribution is 5.79. The van der Waals surface area contributed by atoms with Crippen LogP contribution in [0.25, 0.3) is 0 Å². The molecule has 142 valence electrons. The molecule has 26 heavy (non-hydrogen) atoms. The summed E-state index contributed by atoms with van der Waals surface area (Å²) in [6.45, 7) is 1.53. The molecule has 4 nitrogen and oxygen atoms in total. The highest BCUT2D eigenvalue weighted by atomic mass is 19.1. The molecule has 2 saturated carbocycles. The maximum atomic E-state index is 13.9. The van der Waals surface area contributed by atoms with E-state index in [0.717, 1.165) is 38.2 Å². The van der Waals surface area contributed by atoms with Crippen molar-refractivity contribution in [2.24, 2.45) is 5.92 Å². The van der Waals surface area contributed by atoms with E-state index in [9.17, 15) is 9.18 Å². The molecule has 0 aromatic heterocycles. The standard InChI is InChI=1S/C21H28FNO3/c1-25-21-9-8-17(26-14-15-6-7-15)13-19(21)23(11-10-21)20(24)12-16-4-2-3-5-18(16)22/h2-5,15,17,19H,6-14H2,1H3/t17-,19-,21+/m0/s1. The van der Waals surface area contributed by atoms with Crippen molar-refractivity contribution in [2.45, 2.75) is 62.7 Å². The van der Waals surface area contributed by atoms with Gasteiger partial charge in [0.15, 0.2) is 0 Å². The molecular weight excluding hydrogens is 333 g/mol. The lowest BCUT2D eigenvalue weighted by atomic mass is 9.79. The normalized spacial score (nSPS) is 31.1. The first-order valence-electron chi connectivity index (χ1n) is 9.81. The molecule has 3 atom stereocenters. The minimum atomic E-state index is -0.313. The van der Waals surface area contributed by atoms with Crippen molar-refractivity contribution in [1.29, 1.82) is 0 Å². The van der Waals surface area contributed by atoms with Crippen LogP contribution in [0.2, 0.25) is 0 Å². The monoisotopic (exact) mass is 361 g/mol. The topological polar surface area (TPSA) is 38.8 Å². The summed E-state index contributed by atoms with van der Waals surface area (Å²) in [5, 5.41) is 0. The largest absolute Gasteiger partial charge is 0.378 e. The Balaban J connectivity index is 1.45. The molecule has 1 aromatic rings.